The van der Waals surface area contributed by atoms with Crippen LogP contribution in [0.4, 0.5) is 5.69 Å². The van der Waals surface area contributed by atoms with E-state index in [1.54, 1.807) is 7.05 Å². The zero-order chi connectivity index (χ0) is 23.5. The number of ether oxygens (including phenoxy) is 1. The van der Waals surface area contributed by atoms with Crippen LogP contribution in [-0.2, 0) is 20.6 Å². The van der Waals surface area contributed by atoms with Gasteiger partial charge in [-0.15, -0.1) is 12.4 Å². The maximum absolute atomic E-state index is 12.8. The van der Waals surface area contributed by atoms with Gasteiger partial charge in [-0.25, -0.2) is 4.79 Å². The maximum atomic E-state index is 12.8. The minimum Gasteiger partial charge on any atom is -0.465 e. The van der Waals surface area contributed by atoms with Gasteiger partial charge in [0.15, 0.2) is 11.2 Å². The third kappa shape index (κ3) is 5.26. The number of anilines is 1. The van der Waals surface area contributed by atoms with Gasteiger partial charge in [0.25, 0.3) is 11.6 Å². The van der Waals surface area contributed by atoms with Crippen molar-refractivity contribution in [2.75, 3.05) is 44.2 Å². The highest BCUT2D eigenvalue weighted by atomic mass is 35.5. The van der Waals surface area contributed by atoms with Gasteiger partial charge in [-0.3, -0.25) is 23.4 Å². The smallest absolute Gasteiger partial charge is 0.332 e. The van der Waals surface area contributed by atoms with E-state index in [0.717, 1.165) is 55.2 Å². The first-order valence-corrected chi connectivity index (χ1v) is 11.8. The van der Waals surface area contributed by atoms with E-state index in [0.29, 0.717) is 30.3 Å². The van der Waals surface area contributed by atoms with Crippen molar-refractivity contribution < 1.29 is 4.74 Å². The average Bonchev–Trinajstić information content (AvgIpc) is 3.18. The molecular formula is C23H32Cl2N6O3. The van der Waals surface area contributed by atoms with Crippen molar-refractivity contribution in [1.29, 1.82) is 0 Å². The summed E-state index contributed by atoms with van der Waals surface area (Å²) in [5.74, 6) is 0. The predicted octanol–water partition coefficient (Wildman–Crippen LogP) is 2.51. The minimum atomic E-state index is -0.392. The third-order valence-corrected chi connectivity index (χ3v) is 6.47. The molecule has 3 aromatic rings. The molecule has 1 aliphatic rings. The highest BCUT2D eigenvalue weighted by Gasteiger charge is 2.20. The fourth-order valence-corrected chi connectivity index (χ4v) is 4.57. The maximum Gasteiger partial charge on any atom is 0.332 e. The number of fused-ring (bicyclic) bond motifs is 1. The van der Waals surface area contributed by atoms with Gasteiger partial charge in [0.1, 0.15) is 0 Å². The lowest BCUT2D eigenvalue weighted by atomic mass is 10.2. The molecule has 0 atom stereocenters. The number of rotatable bonds is 8. The Morgan fingerprint density at radius 3 is 2.41 bits per heavy atom. The van der Waals surface area contributed by atoms with Crippen LogP contribution in [-0.4, -0.2) is 62.9 Å². The number of halogens is 2. The van der Waals surface area contributed by atoms with Crippen LogP contribution in [0.3, 0.4) is 0 Å². The summed E-state index contributed by atoms with van der Waals surface area (Å²) in [5.41, 5.74) is 1.22. The van der Waals surface area contributed by atoms with Crippen molar-refractivity contribution in [2.45, 2.75) is 26.3 Å². The molecule has 0 amide bonds. The fourth-order valence-electron chi connectivity index (χ4n) is 4.38. The second-order valence-electron chi connectivity index (χ2n) is 8.37. The van der Waals surface area contributed by atoms with Crippen LogP contribution in [0.15, 0.2) is 33.9 Å². The molecule has 3 heterocycles. The van der Waals surface area contributed by atoms with E-state index in [-0.39, 0.29) is 18.0 Å². The quantitative estimate of drug-likeness (QED) is 0.433. The number of hydrogen-bond donors (Lipinski definition) is 0. The molecular weight excluding hydrogens is 479 g/mol. The molecule has 11 heteroatoms. The van der Waals surface area contributed by atoms with E-state index in [1.807, 2.05) is 29.7 Å². The van der Waals surface area contributed by atoms with Crippen molar-refractivity contribution in [3.8, 4) is 6.01 Å². The standard InChI is InChI=1S/C23H31ClN6O3.ClH/c1-4-33-22-25-20-19(21(31)27(3)23(32)26(20)2)30(22)11-6-5-10-28-12-14-29(15-13-28)18-9-7-8-17(24)16-18;/h7-9,16H,4-6,10-15H2,1-3H3;1H. The van der Waals surface area contributed by atoms with Crippen molar-refractivity contribution in [3.05, 3.63) is 50.1 Å². The Hall–Kier alpha value is -2.49. The molecule has 34 heavy (non-hydrogen) atoms. The summed E-state index contributed by atoms with van der Waals surface area (Å²) in [6.07, 6.45) is 1.88. The number of unbranched alkanes of at least 4 members (excludes halogenated alkanes) is 1. The second-order valence-corrected chi connectivity index (χ2v) is 8.81. The topological polar surface area (TPSA) is 77.5 Å². The molecule has 2 aromatic heterocycles. The van der Waals surface area contributed by atoms with Crippen LogP contribution >= 0.6 is 24.0 Å². The zero-order valence-electron chi connectivity index (χ0n) is 19.9. The first-order valence-electron chi connectivity index (χ1n) is 11.4. The fraction of sp³-hybridized carbons (Fsp3) is 0.522. The Kier molecular flexibility index (Phi) is 8.67. The first-order chi connectivity index (χ1) is 15.9. The second kappa shape index (κ2) is 11.3. The molecule has 0 unspecified atom stereocenters. The van der Waals surface area contributed by atoms with Crippen molar-refractivity contribution in [3.63, 3.8) is 0 Å². The van der Waals surface area contributed by atoms with Crippen molar-refractivity contribution >= 4 is 40.9 Å². The van der Waals surface area contributed by atoms with Crippen LogP contribution in [0.5, 0.6) is 6.01 Å². The number of benzene rings is 1. The lowest BCUT2D eigenvalue weighted by Gasteiger charge is -2.36. The summed E-state index contributed by atoms with van der Waals surface area (Å²) >= 11 is 6.13. The monoisotopic (exact) mass is 510 g/mol. The molecule has 4 rings (SSSR count). The Morgan fingerprint density at radius 2 is 1.74 bits per heavy atom. The molecule has 1 aromatic carbocycles. The molecule has 1 fully saturated rings. The van der Waals surface area contributed by atoms with Crippen LogP contribution in [0.1, 0.15) is 19.8 Å². The lowest BCUT2D eigenvalue weighted by Crippen LogP contribution is -2.46. The summed E-state index contributed by atoms with van der Waals surface area (Å²) in [6, 6.07) is 8.40. The Labute approximate surface area is 209 Å². The van der Waals surface area contributed by atoms with Crippen molar-refractivity contribution in [1.82, 2.24) is 23.6 Å². The van der Waals surface area contributed by atoms with Crippen LogP contribution < -0.4 is 20.9 Å². The minimum absolute atomic E-state index is 0. The molecule has 0 aliphatic carbocycles. The highest BCUT2D eigenvalue weighted by Crippen LogP contribution is 2.21. The van der Waals surface area contributed by atoms with E-state index in [9.17, 15) is 9.59 Å². The number of imidazole rings is 1. The Morgan fingerprint density at radius 1 is 1.03 bits per heavy atom. The van der Waals surface area contributed by atoms with E-state index < -0.39 is 5.69 Å². The largest absolute Gasteiger partial charge is 0.465 e. The van der Waals surface area contributed by atoms with Gasteiger partial charge in [0.2, 0.25) is 0 Å². The van der Waals surface area contributed by atoms with Gasteiger partial charge < -0.3 is 9.64 Å². The molecule has 1 aliphatic heterocycles. The van der Waals surface area contributed by atoms with Crippen LogP contribution in [0.25, 0.3) is 11.2 Å². The summed E-state index contributed by atoms with van der Waals surface area (Å²) in [6.45, 7) is 7.90. The molecule has 0 spiro atoms. The Balaban J connectivity index is 0.00000324. The number of piperazine rings is 1. The summed E-state index contributed by atoms with van der Waals surface area (Å²) in [5, 5.41) is 0.767. The predicted molar refractivity (Wildman–Crippen MR) is 138 cm³/mol. The number of hydrogen-bond acceptors (Lipinski definition) is 6. The van der Waals surface area contributed by atoms with E-state index in [2.05, 4.69) is 20.9 Å². The van der Waals surface area contributed by atoms with Crippen LogP contribution in [0.2, 0.25) is 5.02 Å². The van der Waals surface area contributed by atoms with Crippen molar-refractivity contribution in [2.24, 2.45) is 14.1 Å². The summed E-state index contributed by atoms with van der Waals surface area (Å²) in [4.78, 5) is 34.4. The molecule has 0 N–H and O–H groups in total. The van der Waals surface area contributed by atoms with Gasteiger partial charge in [-0.1, -0.05) is 17.7 Å². The molecule has 9 nitrogen and oxygen atoms in total. The van der Waals surface area contributed by atoms with Gasteiger partial charge in [-0.2, -0.15) is 4.98 Å². The van der Waals surface area contributed by atoms with Gasteiger partial charge in [-0.05, 0) is 44.5 Å². The summed E-state index contributed by atoms with van der Waals surface area (Å²) in [7, 11) is 3.12. The average molecular weight is 511 g/mol. The molecule has 0 radical (unpaired) electrons. The molecule has 0 bridgehead atoms. The molecule has 0 saturated carbocycles. The number of aryl methyl sites for hydroxylation is 2. The van der Waals surface area contributed by atoms with Gasteiger partial charge >= 0.3 is 5.69 Å². The zero-order valence-corrected chi connectivity index (χ0v) is 21.4. The highest BCUT2D eigenvalue weighted by molar-refractivity contribution is 6.30. The third-order valence-electron chi connectivity index (χ3n) is 6.24. The van der Waals surface area contributed by atoms with E-state index in [4.69, 9.17) is 16.3 Å². The van der Waals surface area contributed by atoms with E-state index in [1.165, 1.54) is 17.3 Å². The van der Waals surface area contributed by atoms with E-state index >= 15 is 0 Å². The first kappa shape index (κ1) is 26.1. The SMILES string of the molecule is CCOc1nc2c(c(=O)n(C)c(=O)n2C)n1CCCCN1CCN(c2cccc(Cl)c2)CC1.Cl. The molecule has 1 saturated heterocycles. The normalized spacial score (nSPS) is 14.4. The number of aromatic nitrogens is 4. The number of nitrogens with zero attached hydrogens (tertiary/aromatic N) is 6. The molecule has 186 valence electrons. The Bertz CT molecular complexity index is 1240. The summed E-state index contributed by atoms with van der Waals surface area (Å²) < 4.78 is 10.0. The van der Waals surface area contributed by atoms with Crippen LogP contribution in [0, 0.1) is 0 Å². The van der Waals surface area contributed by atoms with Gasteiger partial charge in [0.05, 0.1) is 6.61 Å². The van der Waals surface area contributed by atoms with Gasteiger partial charge in [0, 0.05) is 57.5 Å². The lowest BCUT2D eigenvalue weighted by molar-refractivity contribution is 0.249.